The zero-order valence-corrected chi connectivity index (χ0v) is 14.1. The average Bonchev–Trinajstić information content (AvgIpc) is 3.11. The van der Waals surface area contributed by atoms with Crippen LogP contribution in [0.3, 0.4) is 0 Å². The number of hydrogen-bond donors (Lipinski definition) is 1. The monoisotopic (exact) mass is 322 g/mol. The van der Waals surface area contributed by atoms with Gasteiger partial charge in [0.1, 0.15) is 0 Å². The van der Waals surface area contributed by atoms with E-state index in [0.717, 1.165) is 42.7 Å². The lowest BCUT2D eigenvalue weighted by molar-refractivity contribution is 0.0792. The van der Waals surface area contributed by atoms with Crippen LogP contribution >= 0.6 is 0 Å². The van der Waals surface area contributed by atoms with Gasteiger partial charge in [-0.05, 0) is 62.6 Å². The van der Waals surface area contributed by atoms with Crippen molar-refractivity contribution in [1.29, 1.82) is 0 Å². The molecular formula is C20H22N2O2. The zero-order valence-electron chi connectivity index (χ0n) is 14.1. The minimum atomic E-state index is -0.165. The van der Waals surface area contributed by atoms with E-state index < -0.39 is 0 Å². The van der Waals surface area contributed by atoms with Gasteiger partial charge in [0.25, 0.3) is 11.8 Å². The highest BCUT2D eigenvalue weighted by Gasteiger charge is 2.19. The number of carbonyl (C=O) groups excluding carboxylic acids is 2. The van der Waals surface area contributed by atoms with Crippen molar-refractivity contribution < 1.29 is 9.59 Å². The zero-order chi connectivity index (χ0) is 17.1. The lowest BCUT2D eigenvalue weighted by Gasteiger charge is -2.15. The third-order valence-electron chi connectivity index (χ3n) is 4.42. The number of carbonyl (C=O) groups is 2. The van der Waals surface area contributed by atoms with E-state index in [1.165, 1.54) is 0 Å². The maximum atomic E-state index is 12.4. The number of nitrogens with zero attached hydrogens (tertiary/aromatic N) is 1. The van der Waals surface area contributed by atoms with Crippen LogP contribution in [0.2, 0.25) is 0 Å². The Morgan fingerprint density at radius 2 is 1.54 bits per heavy atom. The minimum Gasteiger partial charge on any atom is -0.339 e. The molecule has 0 saturated carbocycles. The highest BCUT2D eigenvalue weighted by Crippen LogP contribution is 2.18. The third-order valence-corrected chi connectivity index (χ3v) is 4.42. The predicted molar refractivity (Wildman–Crippen MR) is 95.4 cm³/mol. The molecular weight excluding hydrogens is 300 g/mol. The fourth-order valence-electron chi connectivity index (χ4n) is 3.02. The fourth-order valence-corrected chi connectivity index (χ4v) is 3.02. The second-order valence-corrected chi connectivity index (χ2v) is 6.35. The molecule has 0 atom stereocenters. The van der Waals surface area contributed by atoms with Gasteiger partial charge in [0.05, 0.1) is 0 Å². The molecule has 2 amide bonds. The van der Waals surface area contributed by atoms with Gasteiger partial charge in [-0.25, -0.2) is 0 Å². The van der Waals surface area contributed by atoms with Gasteiger partial charge >= 0.3 is 0 Å². The summed E-state index contributed by atoms with van der Waals surface area (Å²) < 4.78 is 0. The van der Waals surface area contributed by atoms with E-state index in [4.69, 9.17) is 0 Å². The van der Waals surface area contributed by atoms with Crippen molar-refractivity contribution in [2.75, 3.05) is 18.4 Å². The van der Waals surface area contributed by atoms with Crippen LogP contribution < -0.4 is 5.32 Å². The summed E-state index contributed by atoms with van der Waals surface area (Å²) >= 11 is 0. The number of likely N-dealkylation sites (tertiary alicyclic amines) is 1. The summed E-state index contributed by atoms with van der Waals surface area (Å²) in [5.74, 6) is -0.115. The Morgan fingerprint density at radius 1 is 0.917 bits per heavy atom. The molecule has 1 aliphatic heterocycles. The Hall–Kier alpha value is -2.62. The molecule has 1 aliphatic rings. The number of benzene rings is 2. The van der Waals surface area contributed by atoms with Crippen molar-refractivity contribution in [2.24, 2.45) is 0 Å². The Morgan fingerprint density at radius 3 is 2.17 bits per heavy atom. The number of hydrogen-bond acceptors (Lipinski definition) is 2. The topological polar surface area (TPSA) is 49.4 Å². The van der Waals surface area contributed by atoms with E-state index in [1.54, 1.807) is 24.3 Å². The van der Waals surface area contributed by atoms with Gasteiger partial charge in [-0.1, -0.05) is 17.7 Å². The quantitative estimate of drug-likeness (QED) is 0.934. The summed E-state index contributed by atoms with van der Waals surface area (Å²) in [5, 5.41) is 2.92. The number of nitrogens with one attached hydrogen (secondary N) is 1. The Kier molecular flexibility index (Phi) is 4.65. The van der Waals surface area contributed by atoms with E-state index in [-0.39, 0.29) is 11.8 Å². The molecule has 0 bridgehead atoms. The standard InChI is InChI=1S/C20H22N2O2/c1-14-5-10-18(15(2)13-14)21-19(23)16-6-8-17(9-7-16)20(24)22-11-3-4-12-22/h5-10,13H,3-4,11-12H2,1-2H3,(H,21,23). The maximum Gasteiger partial charge on any atom is 0.255 e. The lowest BCUT2D eigenvalue weighted by atomic mass is 10.1. The van der Waals surface area contributed by atoms with Gasteiger partial charge in [-0.3, -0.25) is 9.59 Å². The highest BCUT2D eigenvalue weighted by atomic mass is 16.2. The first-order valence-corrected chi connectivity index (χ1v) is 8.32. The molecule has 1 heterocycles. The number of rotatable bonds is 3. The molecule has 1 N–H and O–H groups in total. The molecule has 2 aromatic carbocycles. The summed E-state index contributed by atoms with van der Waals surface area (Å²) in [4.78, 5) is 26.6. The SMILES string of the molecule is Cc1ccc(NC(=O)c2ccc(C(=O)N3CCCC3)cc2)c(C)c1. The highest BCUT2D eigenvalue weighted by molar-refractivity contribution is 6.05. The van der Waals surface area contributed by atoms with Crippen LogP contribution in [-0.4, -0.2) is 29.8 Å². The molecule has 0 spiro atoms. The second-order valence-electron chi connectivity index (χ2n) is 6.35. The molecule has 0 aromatic heterocycles. The lowest BCUT2D eigenvalue weighted by Crippen LogP contribution is -2.27. The van der Waals surface area contributed by atoms with Gasteiger partial charge in [-0.2, -0.15) is 0 Å². The molecule has 1 saturated heterocycles. The van der Waals surface area contributed by atoms with Crippen LogP contribution in [0.25, 0.3) is 0 Å². The predicted octanol–water partition coefficient (Wildman–Crippen LogP) is 3.79. The summed E-state index contributed by atoms with van der Waals surface area (Å²) in [5.41, 5.74) is 4.19. The molecule has 1 fully saturated rings. The summed E-state index contributed by atoms with van der Waals surface area (Å²) in [7, 11) is 0. The van der Waals surface area contributed by atoms with Crippen molar-refractivity contribution in [3.05, 3.63) is 64.7 Å². The second kappa shape index (κ2) is 6.87. The summed E-state index contributed by atoms with van der Waals surface area (Å²) in [6.45, 7) is 5.65. The first-order valence-electron chi connectivity index (χ1n) is 8.32. The first-order chi connectivity index (χ1) is 11.5. The molecule has 3 rings (SSSR count). The molecule has 24 heavy (non-hydrogen) atoms. The maximum absolute atomic E-state index is 12.4. The minimum absolute atomic E-state index is 0.0498. The van der Waals surface area contributed by atoms with Crippen LogP contribution in [0.1, 0.15) is 44.7 Å². The van der Waals surface area contributed by atoms with Crippen LogP contribution in [0, 0.1) is 13.8 Å². The Balaban J connectivity index is 1.70. The van der Waals surface area contributed by atoms with Gasteiger partial charge in [0.2, 0.25) is 0 Å². The molecule has 4 heteroatoms. The third kappa shape index (κ3) is 3.48. The summed E-state index contributed by atoms with van der Waals surface area (Å²) in [6.07, 6.45) is 2.14. The van der Waals surface area contributed by atoms with Crippen molar-refractivity contribution in [2.45, 2.75) is 26.7 Å². The van der Waals surface area contributed by atoms with Gasteiger partial charge in [0.15, 0.2) is 0 Å². The van der Waals surface area contributed by atoms with Crippen molar-refractivity contribution in [3.63, 3.8) is 0 Å². The van der Waals surface area contributed by atoms with E-state index in [1.807, 2.05) is 36.9 Å². The van der Waals surface area contributed by atoms with Crippen LogP contribution in [0.15, 0.2) is 42.5 Å². The van der Waals surface area contributed by atoms with E-state index in [9.17, 15) is 9.59 Å². The van der Waals surface area contributed by atoms with Crippen molar-refractivity contribution in [1.82, 2.24) is 4.90 Å². The average molecular weight is 322 g/mol. The number of anilines is 1. The number of amides is 2. The van der Waals surface area contributed by atoms with Crippen LogP contribution in [0.5, 0.6) is 0 Å². The van der Waals surface area contributed by atoms with Crippen LogP contribution in [0.4, 0.5) is 5.69 Å². The summed E-state index contributed by atoms with van der Waals surface area (Å²) in [6, 6.07) is 12.8. The molecule has 0 radical (unpaired) electrons. The normalized spacial score (nSPS) is 13.8. The Bertz CT molecular complexity index is 760. The van der Waals surface area contributed by atoms with Gasteiger partial charge in [0, 0.05) is 29.9 Å². The molecule has 2 aromatic rings. The van der Waals surface area contributed by atoms with Crippen LogP contribution in [-0.2, 0) is 0 Å². The van der Waals surface area contributed by atoms with E-state index in [2.05, 4.69) is 5.32 Å². The molecule has 0 aliphatic carbocycles. The largest absolute Gasteiger partial charge is 0.339 e. The number of aryl methyl sites for hydroxylation is 2. The molecule has 0 unspecified atom stereocenters. The van der Waals surface area contributed by atoms with Gasteiger partial charge < -0.3 is 10.2 Å². The first kappa shape index (κ1) is 16.2. The smallest absolute Gasteiger partial charge is 0.255 e. The van der Waals surface area contributed by atoms with Crippen molar-refractivity contribution in [3.8, 4) is 0 Å². The molecule has 4 nitrogen and oxygen atoms in total. The Labute approximate surface area is 142 Å². The fraction of sp³-hybridized carbons (Fsp3) is 0.300. The molecule has 124 valence electrons. The van der Waals surface area contributed by atoms with Crippen molar-refractivity contribution >= 4 is 17.5 Å². The van der Waals surface area contributed by atoms with Gasteiger partial charge in [-0.15, -0.1) is 0 Å². The van der Waals surface area contributed by atoms with E-state index >= 15 is 0 Å². The van der Waals surface area contributed by atoms with E-state index in [0.29, 0.717) is 11.1 Å².